The van der Waals surface area contributed by atoms with E-state index in [9.17, 15) is 4.79 Å². The Balaban J connectivity index is 2.12. The molecule has 0 radical (unpaired) electrons. The highest BCUT2D eigenvalue weighted by Crippen LogP contribution is 2.39. The fraction of sp³-hybridized carbons (Fsp3) is 0.933. The summed E-state index contributed by atoms with van der Waals surface area (Å²) in [7, 11) is 0. The molecule has 1 heterocycles. The lowest BCUT2D eigenvalue weighted by molar-refractivity contribution is -0.132. The molecule has 1 saturated heterocycles. The Morgan fingerprint density at radius 3 is 2.56 bits per heavy atom. The lowest BCUT2D eigenvalue weighted by Gasteiger charge is -2.34. The smallest absolute Gasteiger partial charge is 0.240 e. The van der Waals surface area contributed by atoms with Gasteiger partial charge in [-0.25, -0.2) is 0 Å². The van der Waals surface area contributed by atoms with E-state index in [-0.39, 0.29) is 12.2 Å². The van der Waals surface area contributed by atoms with Gasteiger partial charge in [0, 0.05) is 6.04 Å². The van der Waals surface area contributed by atoms with Crippen molar-refractivity contribution in [2.45, 2.75) is 78.0 Å². The average Bonchev–Trinajstić information content (AvgIpc) is 2.82. The first kappa shape index (κ1) is 13.9. The fourth-order valence-corrected chi connectivity index (χ4v) is 3.90. The van der Waals surface area contributed by atoms with Gasteiger partial charge in [-0.2, -0.15) is 0 Å². The molecular formula is C15H28N2O. The van der Waals surface area contributed by atoms with Gasteiger partial charge in [0.1, 0.15) is 0 Å². The Morgan fingerprint density at radius 2 is 2.00 bits per heavy atom. The van der Waals surface area contributed by atoms with E-state index in [2.05, 4.69) is 31.0 Å². The van der Waals surface area contributed by atoms with Crippen molar-refractivity contribution < 1.29 is 4.79 Å². The molecule has 3 nitrogen and oxygen atoms in total. The molecule has 104 valence electrons. The molecule has 0 bridgehead atoms. The van der Waals surface area contributed by atoms with Crippen LogP contribution in [-0.2, 0) is 4.79 Å². The van der Waals surface area contributed by atoms with Gasteiger partial charge in [0.2, 0.25) is 5.91 Å². The highest BCUT2D eigenvalue weighted by molar-refractivity contribution is 5.84. The van der Waals surface area contributed by atoms with Gasteiger partial charge in [-0.3, -0.25) is 10.1 Å². The number of hydrogen-bond donors (Lipinski definition) is 1. The van der Waals surface area contributed by atoms with E-state index in [0.29, 0.717) is 17.9 Å². The van der Waals surface area contributed by atoms with E-state index in [1.54, 1.807) is 0 Å². The molecule has 1 aliphatic heterocycles. The van der Waals surface area contributed by atoms with Crippen LogP contribution in [0.3, 0.4) is 0 Å². The first-order valence-electron chi connectivity index (χ1n) is 7.68. The molecule has 1 saturated carbocycles. The van der Waals surface area contributed by atoms with Crippen LogP contribution in [0.15, 0.2) is 0 Å². The first-order chi connectivity index (χ1) is 8.60. The molecule has 2 fully saturated rings. The van der Waals surface area contributed by atoms with Crippen LogP contribution in [0.25, 0.3) is 0 Å². The van der Waals surface area contributed by atoms with Crippen molar-refractivity contribution in [3.05, 3.63) is 0 Å². The van der Waals surface area contributed by atoms with E-state index < -0.39 is 0 Å². The van der Waals surface area contributed by atoms with Crippen molar-refractivity contribution in [1.29, 1.82) is 0 Å². The standard InChI is InChI=1S/C15H28N2O/c1-5-7-14-16-11(4)15(18)17(14)13-9-8-12(6-2)10(13)3/h10-14,16H,5-9H2,1-4H3. The maximum Gasteiger partial charge on any atom is 0.240 e. The molecule has 3 heteroatoms. The van der Waals surface area contributed by atoms with E-state index in [0.717, 1.165) is 18.8 Å². The van der Waals surface area contributed by atoms with Crippen LogP contribution in [0, 0.1) is 11.8 Å². The maximum atomic E-state index is 12.4. The summed E-state index contributed by atoms with van der Waals surface area (Å²) in [6.07, 6.45) is 6.23. The highest BCUT2D eigenvalue weighted by atomic mass is 16.2. The van der Waals surface area contributed by atoms with Crippen molar-refractivity contribution in [1.82, 2.24) is 10.2 Å². The zero-order chi connectivity index (χ0) is 13.3. The number of hydrogen-bond acceptors (Lipinski definition) is 2. The molecule has 0 spiro atoms. The molecule has 0 aromatic carbocycles. The molecule has 1 aliphatic carbocycles. The number of amides is 1. The van der Waals surface area contributed by atoms with Crippen LogP contribution in [0.1, 0.15) is 59.8 Å². The van der Waals surface area contributed by atoms with Crippen LogP contribution in [0.2, 0.25) is 0 Å². The summed E-state index contributed by atoms with van der Waals surface area (Å²) in [5.41, 5.74) is 0. The zero-order valence-electron chi connectivity index (χ0n) is 12.3. The van der Waals surface area contributed by atoms with Gasteiger partial charge in [-0.15, -0.1) is 0 Å². The van der Waals surface area contributed by atoms with Gasteiger partial charge in [0.25, 0.3) is 0 Å². The Hall–Kier alpha value is -0.570. The molecule has 18 heavy (non-hydrogen) atoms. The second kappa shape index (κ2) is 5.60. The minimum Gasteiger partial charge on any atom is -0.323 e. The van der Waals surface area contributed by atoms with Crippen molar-refractivity contribution in [3.63, 3.8) is 0 Å². The molecular weight excluding hydrogens is 224 g/mol. The van der Waals surface area contributed by atoms with Gasteiger partial charge < -0.3 is 4.90 Å². The second-order valence-electron chi connectivity index (χ2n) is 6.11. The number of rotatable bonds is 4. The van der Waals surface area contributed by atoms with E-state index in [1.165, 1.54) is 19.3 Å². The van der Waals surface area contributed by atoms with Crippen LogP contribution in [0.4, 0.5) is 0 Å². The van der Waals surface area contributed by atoms with Crippen molar-refractivity contribution in [2.75, 3.05) is 0 Å². The third-order valence-electron chi connectivity index (χ3n) is 5.03. The highest BCUT2D eigenvalue weighted by Gasteiger charge is 2.45. The summed E-state index contributed by atoms with van der Waals surface area (Å²) in [5.74, 6) is 1.79. The van der Waals surface area contributed by atoms with Crippen molar-refractivity contribution in [3.8, 4) is 0 Å². The molecule has 5 atom stereocenters. The summed E-state index contributed by atoms with van der Waals surface area (Å²) in [5, 5.41) is 3.46. The van der Waals surface area contributed by atoms with E-state index >= 15 is 0 Å². The largest absolute Gasteiger partial charge is 0.323 e. The monoisotopic (exact) mass is 252 g/mol. The maximum absolute atomic E-state index is 12.4. The SMILES string of the molecule is CCCC1NC(C)C(=O)N1C1CCC(CC)C1C. The number of nitrogens with one attached hydrogen (secondary N) is 1. The first-order valence-corrected chi connectivity index (χ1v) is 7.68. The van der Waals surface area contributed by atoms with Gasteiger partial charge in [0.05, 0.1) is 12.2 Å². The molecule has 5 unspecified atom stereocenters. The number of nitrogens with zero attached hydrogens (tertiary/aromatic N) is 1. The number of carbonyl (C=O) groups is 1. The van der Waals surface area contributed by atoms with Crippen LogP contribution < -0.4 is 5.32 Å². The molecule has 2 aliphatic rings. The van der Waals surface area contributed by atoms with Crippen LogP contribution >= 0.6 is 0 Å². The summed E-state index contributed by atoms with van der Waals surface area (Å²) < 4.78 is 0. The quantitative estimate of drug-likeness (QED) is 0.834. The topological polar surface area (TPSA) is 32.3 Å². The van der Waals surface area contributed by atoms with Gasteiger partial charge in [-0.05, 0) is 38.0 Å². The molecule has 2 rings (SSSR count). The van der Waals surface area contributed by atoms with E-state index in [4.69, 9.17) is 0 Å². The third kappa shape index (κ3) is 2.29. The minimum atomic E-state index is 0.00873. The summed E-state index contributed by atoms with van der Waals surface area (Å²) >= 11 is 0. The zero-order valence-corrected chi connectivity index (χ0v) is 12.3. The Labute approximate surface area is 111 Å². The molecule has 1 N–H and O–H groups in total. The van der Waals surface area contributed by atoms with Crippen LogP contribution in [0.5, 0.6) is 0 Å². The van der Waals surface area contributed by atoms with Gasteiger partial charge in [-0.1, -0.05) is 33.6 Å². The summed E-state index contributed by atoms with van der Waals surface area (Å²) in [4.78, 5) is 14.6. The summed E-state index contributed by atoms with van der Waals surface area (Å²) in [6.45, 7) is 8.81. The van der Waals surface area contributed by atoms with Crippen molar-refractivity contribution in [2.24, 2.45) is 11.8 Å². The summed E-state index contributed by atoms with van der Waals surface area (Å²) in [6, 6.07) is 0.478. The number of carbonyl (C=O) groups excluding carboxylic acids is 1. The average molecular weight is 252 g/mol. The molecule has 0 aromatic heterocycles. The lowest BCUT2D eigenvalue weighted by atomic mass is 9.92. The van der Waals surface area contributed by atoms with Gasteiger partial charge in [0.15, 0.2) is 0 Å². The minimum absolute atomic E-state index is 0.00873. The predicted molar refractivity (Wildman–Crippen MR) is 74.1 cm³/mol. The fourth-order valence-electron chi connectivity index (χ4n) is 3.90. The third-order valence-corrected chi connectivity index (χ3v) is 5.03. The Kier molecular flexibility index (Phi) is 4.31. The Bertz CT molecular complexity index is 305. The predicted octanol–water partition coefficient (Wildman–Crippen LogP) is 2.76. The van der Waals surface area contributed by atoms with E-state index in [1.807, 2.05) is 6.92 Å². The second-order valence-corrected chi connectivity index (χ2v) is 6.11. The van der Waals surface area contributed by atoms with Crippen LogP contribution in [-0.4, -0.2) is 29.1 Å². The normalized spacial score (nSPS) is 40.8. The van der Waals surface area contributed by atoms with Gasteiger partial charge >= 0.3 is 0 Å². The Morgan fingerprint density at radius 1 is 1.28 bits per heavy atom. The molecule has 0 aromatic rings. The van der Waals surface area contributed by atoms with Crippen molar-refractivity contribution >= 4 is 5.91 Å². The lowest BCUT2D eigenvalue weighted by Crippen LogP contribution is -2.46. The molecule has 1 amide bonds.